The second-order valence-corrected chi connectivity index (χ2v) is 6.96. The Hall–Kier alpha value is -3.41. The molecule has 1 aliphatic heterocycles. The van der Waals surface area contributed by atoms with Crippen LogP contribution in [0.3, 0.4) is 0 Å². The van der Waals surface area contributed by atoms with Gasteiger partial charge >= 0.3 is 0 Å². The van der Waals surface area contributed by atoms with Gasteiger partial charge in [0.25, 0.3) is 11.5 Å². The molecule has 0 spiro atoms. The van der Waals surface area contributed by atoms with Crippen LogP contribution in [0.2, 0.25) is 0 Å². The molecule has 1 aromatic heterocycles. The molecule has 6 heteroatoms. The van der Waals surface area contributed by atoms with Gasteiger partial charge in [0.05, 0.1) is 18.3 Å². The highest BCUT2D eigenvalue weighted by Gasteiger charge is 2.31. The van der Waals surface area contributed by atoms with E-state index in [0.29, 0.717) is 18.8 Å². The Morgan fingerprint density at radius 2 is 1.83 bits per heavy atom. The Labute approximate surface area is 169 Å². The summed E-state index contributed by atoms with van der Waals surface area (Å²) < 4.78 is 6.78. The number of rotatable bonds is 5. The quantitative estimate of drug-likeness (QED) is 0.669. The van der Waals surface area contributed by atoms with E-state index in [1.54, 1.807) is 12.1 Å². The summed E-state index contributed by atoms with van der Waals surface area (Å²) in [5, 5.41) is 4.35. The Kier molecular flexibility index (Phi) is 5.42. The Balaban J connectivity index is 1.61. The average Bonchev–Trinajstić information content (AvgIpc) is 3.25. The number of benzene rings is 2. The molecule has 6 nitrogen and oxygen atoms in total. The van der Waals surface area contributed by atoms with Gasteiger partial charge in [-0.1, -0.05) is 30.3 Å². The number of para-hydroxylation sites is 1. The second-order valence-electron chi connectivity index (χ2n) is 6.96. The van der Waals surface area contributed by atoms with Crippen molar-refractivity contribution >= 4 is 5.91 Å². The minimum Gasteiger partial charge on any atom is -0.494 e. The molecular weight excluding hydrogens is 366 g/mol. The number of carbonyl (C=O) groups is 1. The molecule has 0 N–H and O–H groups in total. The van der Waals surface area contributed by atoms with E-state index in [4.69, 9.17) is 4.74 Å². The normalized spacial score (nSPS) is 16.0. The van der Waals surface area contributed by atoms with Gasteiger partial charge in [-0.15, -0.1) is 0 Å². The predicted molar refractivity (Wildman–Crippen MR) is 110 cm³/mol. The Morgan fingerprint density at radius 1 is 1.07 bits per heavy atom. The molecule has 1 atom stereocenters. The lowest BCUT2D eigenvalue weighted by molar-refractivity contribution is 0.0727. The van der Waals surface area contributed by atoms with E-state index in [9.17, 15) is 9.59 Å². The second kappa shape index (κ2) is 8.31. The fraction of sp³-hybridized carbons (Fsp3) is 0.261. The van der Waals surface area contributed by atoms with Crippen molar-refractivity contribution < 1.29 is 9.53 Å². The minimum atomic E-state index is -0.266. The van der Waals surface area contributed by atoms with Gasteiger partial charge in [0.2, 0.25) is 0 Å². The van der Waals surface area contributed by atoms with Gasteiger partial charge in [-0.2, -0.15) is 9.78 Å². The van der Waals surface area contributed by atoms with E-state index in [0.717, 1.165) is 24.2 Å². The Bertz CT molecular complexity index is 1040. The zero-order valence-corrected chi connectivity index (χ0v) is 16.3. The third-order valence-electron chi connectivity index (χ3n) is 5.11. The minimum absolute atomic E-state index is 0.00270. The summed E-state index contributed by atoms with van der Waals surface area (Å²) in [6.45, 7) is 3.24. The SMILES string of the molecule is CCOc1ccc(C2CCCN2C(=O)c2ccc(=O)n(-c3ccccc3)n2)cc1. The lowest BCUT2D eigenvalue weighted by Gasteiger charge is -2.25. The average molecular weight is 389 g/mol. The van der Waals surface area contributed by atoms with Crippen LogP contribution in [0, 0.1) is 0 Å². The van der Waals surface area contributed by atoms with Crippen LogP contribution >= 0.6 is 0 Å². The molecule has 2 aromatic carbocycles. The first-order valence-electron chi connectivity index (χ1n) is 9.87. The maximum Gasteiger partial charge on any atom is 0.274 e. The van der Waals surface area contributed by atoms with E-state index in [1.165, 1.54) is 16.8 Å². The zero-order valence-electron chi connectivity index (χ0n) is 16.3. The summed E-state index contributed by atoms with van der Waals surface area (Å²) in [6.07, 6.45) is 1.83. The lowest BCUT2D eigenvalue weighted by Crippen LogP contribution is -2.33. The molecule has 3 aromatic rings. The van der Waals surface area contributed by atoms with Crippen LogP contribution < -0.4 is 10.3 Å². The highest BCUT2D eigenvalue weighted by molar-refractivity contribution is 5.92. The van der Waals surface area contributed by atoms with Crippen molar-refractivity contribution in [2.45, 2.75) is 25.8 Å². The molecule has 1 saturated heterocycles. The molecule has 0 bridgehead atoms. The van der Waals surface area contributed by atoms with Crippen molar-refractivity contribution in [3.05, 3.63) is 88.3 Å². The summed E-state index contributed by atoms with van der Waals surface area (Å²) in [4.78, 5) is 27.3. The molecule has 29 heavy (non-hydrogen) atoms. The number of carbonyl (C=O) groups excluding carboxylic acids is 1. The molecule has 0 radical (unpaired) electrons. The van der Waals surface area contributed by atoms with Crippen LogP contribution in [0.1, 0.15) is 41.9 Å². The number of nitrogens with zero attached hydrogens (tertiary/aromatic N) is 3. The van der Waals surface area contributed by atoms with Crippen molar-refractivity contribution in [3.63, 3.8) is 0 Å². The monoisotopic (exact) mass is 389 g/mol. The highest BCUT2D eigenvalue weighted by atomic mass is 16.5. The number of hydrogen-bond acceptors (Lipinski definition) is 4. The maximum atomic E-state index is 13.2. The zero-order chi connectivity index (χ0) is 20.2. The molecular formula is C23H23N3O3. The van der Waals surface area contributed by atoms with Crippen LogP contribution in [0.4, 0.5) is 0 Å². The Morgan fingerprint density at radius 3 is 2.55 bits per heavy atom. The fourth-order valence-electron chi connectivity index (χ4n) is 3.74. The van der Waals surface area contributed by atoms with Gasteiger partial charge in [0, 0.05) is 12.6 Å². The molecule has 0 aliphatic carbocycles. The molecule has 1 fully saturated rings. The van der Waals surface area contributed by atoms with Crippen LogP contribution in [0.5, 0.6) is 5.75 Å². The first-order chi connectivity index (χ1) is 14.2. The van der Waals surface area contributed by atoms with E-state index < -0.39 is 0 Å². The van der Waals surface area contributed by atoms with Crippen LogP contribution in [0.15, 0.2) is 71.5 Å². The van der Waals surface area contributed by atoms with Crippen molar-refractivity contribution in [1.29, 1.82) is 0 Å². The van der Waals surface area contributed by atoms with Crippen LogP contribution in [-0.2, 0) is 0 Å². The van der Waals surface area contributed by atoms with Crippen molar-refractivity contribution in [3.8, 4) is 11.4 Å². The van der Waals surface area contributed by atoms with Crippen LogP contribution in [-0.4, -0.2) is 33.7 Å². The largest absolute Gasteiger partial charge is 0.494 e. The topological polar surface area (TPSA) is 64.4 Å². The molecule has 0 saturated carbocycles. The summed E-state index contributed by atoms with van der Waals surface area (Å²) in [6, 6.07) is 19.9. The summed E-state index contributed by atoms with van der Waals surface area (Å²) in [7, 11) is 0. The molecule has 2 heterocycles. The number of ether oxygens (including phenoxy) is 1. The number of hydrogen-bond donors (Lipinski definition) is 0. The molecule has 1 amide bonds. The molecule has 1 unspecified atom stereocenters. The summed E-state index contributed by atoms with van der Waals surface area (Å²) >= 11 is 0. The van der Waals surface area contributed by atoms with Crippen LogP contribution in [0.25, 0.3) is 5.69 Å². The van der Waals surface area contributed by atoms with Gasteiger partial charge in [-0.05, 0) is 55.7 Å². The molecule has 148 valence electrons. The van der Waals surface area contributed by atoms with Gasteiger partial charge < -0.3 is 9.64 Å². The third-order valence-corrected chi connectivity index (χ3v) is 5.11. The number of amides is 1. The van der Waals surface area contributed by atoms with E-state index >= 15 is 0 Å². The van der Waals surface area contributed by atoms with Gasteiger partial charge in [0.15, 0.2) is 0 Å². The standard InChI is InChI=1S/C23H23N3O3/c1-2-29-19-12-10-17(11-13-19)21-9-6-16-25(21)23(28)20-14-15-22(27)26(24-20)18-7-4-3-5-8-18/h3-5,7-8,10-15,21H,2,6,9,16H2,1H3. The van der Waals surface area contributed by atoms with E-state index in [-0.39, 0.29) is 23.2 Å². The number of aromatic nitrogens is 2. The highest BCUT2D eigenvalue weighted by Crippen LogP contribution is 2.33. The summed E-state index contributed by atoms with van der Waals surface area (Å²) in [5.74, 6) is 0.662. The third kappa shape index (κ3) is 3.92. The fourth-order valence-corrected chi connectivity index (χ4v) is 3.74. The van der Waals surface area contributed by atoms with Crippen molar-refractivity contribution in [1.82, 2.24) is 14.7 Å². The van der Waals surface area contributed by atoms with Gasteiger partial charge in [-0.3, -0.25) is 9.59 Å². The van der Waals surface area contributed by atoms with E-state index in [2.05, 4.69) is 5.10 Å². The van der Waals surface area contributed by atoms with Gasteiger partial charge in [0.1, 0.15) is 11.4 Å². The maximum absolute atomic E-state index is 13.2. The first kappa shape index (κ1) is 18.9. The van der Waals surface area contributed by atoms with Crippen molar-refractivity contribution in [2.75, 3.05) is 13.2 Å². The molecule has 1 aliphatic rings. The van der Waals surface area contributed by atoms with Crippen molar-refractivity contribution in [2.24, 2.45) is 0 Å². The predicted octanol–water partition coefficient (Wildman–Crippen LogP) is 3.61. The molecule has 4 rings (SSSR count). The van der Waals surface area contributed by atoms with E-state index in [1.807, 2.05) is 54.3 Å². The number of likely N-dealkylation sites (tertiary alicyclic amines) is 1. The van der Waals surface area contributed by atoms with Gasteiger partial charge in [-0.25, -0.2) is 0 Å². The lowest BCUT2D eigenvalue weighted by atomic mass is 10.0. The first-order valence-corrected chi connectivity index (χ1v) is 9.87. The smallest absolute Gasteiger partial charge is 0.274 e. The summed E-state index contributed by atoms with van der Waals surface area (Å²) in [5.41, 5.74) is 1.72.